The van der Waals surface area contributed by atoms with E-state index in [1.807, 2.05) is 0 Å². The van der Waals surface area contributed by atoms with Gasteiger partial charge in [0, 0.05) is 30.1 Å². The zero-order chi connectivity index (χ0) is 16.7. The fourth-order valence-electron chi connectivity index (χ4n) is 2.02. The van der Waals surface area contributed by atoms with Crippen molar-refractivity contribution in [2.75, 3.05) is 11.9 Å². The number of nitrogens with zero attached hydrogens (tertiary/aromatic N) is 2. The Balaban J connectivity index is 1.66. The third kappa shape index (κ3) is 6.28. The number of carbonyl (C=O) groups excluding carboxylic acids is 1. The lowest BCUT2D eigenvalue weighted by Gasteiger charge is -2.07. The van der Waals surface area contributed by atoms with Crippen molar-refractivity contribution in [2.45, 2.75) is 33.1 Å². The third-order valence-electron chi connectivity index (χ3n) is 3.04. The summed E-state index contributed by atoms with van der Waals surface area (Å²) in [7, 11) is 0. The van der Waals surface area contributed by atoms with Gasteiger partial charge in [-0.25, -0.2) is 4.79 Å². The second-order valence-corrected chi connectivity index (χ2v) is 6.13. The lowest BCUT2D eigenvalue weighted by Crippen LogP contribution is -2.29. The molecule has 124 valence electrons. The van der Waals surface area contributed by atoms with Gasteiger partial charge in [0.15, 0.2) is 5.82 Å². The molecule has 0 aliphatic carbocycles. The Kier molecular flexibility index (Phi) is 6.40. The molecule has 0 radical (unpaired) electrons. The summed E-state index contributed by atoms with van der Waals surface area (Å²) in [5.41, 5.74) is 0.658. The summed E-state index contributed by atoms with van der Waals surface area (Å²) in [5, 5.41) is 10.0. The summed E-state index contributed by atoms with van der Waals surface area (Å²) in [5.74, 6) is 1.84. The van der Waals surface area contributed by atoms with E-state index < -0.39 is 0 Å². The lowest BCUT2D eigenvalue weighted by atomic mass is 10.1. The number of aryl methyl sites for hydroxylation is 1. The van der Waals surface area contributed by atoms with Crippen LogP contribution in [0, 0.1) is 5.92 Å². The number of carbonyl (C=O) groups is 1. The number of nitrogens with one attached hydrogen (secondary N) is 2. The highest BCUT2D eigenvalue weighted by molar-refractivity contribution is 6.30. The van der Waals surface area contributed by atoms with Crippen molar-refractivity contribution in [1.82, 2.24) is 15.5 Å². The Morgan fingerprint density at radius 3 is 2.96 bits per heavy atom. The van der Waals surface area contributed by atoms with Crippen molar-refractivity contribution >= 4 is 23.3 Å². The number of aromatic nitrogens is 2. The molecule has 1 aromatic heterocycles. The highest BCUT2D eigenvalue weighted by Crippen LogP contribution is 2.14. The molecule has 0 aliphatic heterocycles. The van der Waals surface area contributed by atoms with Crippen LogP contribution in [-0.2, 0) is 12.8 Å². The van der Waals surface area contributed by atoms with E-state index >= 15 is 0 Å². The second-order valence-electron chi connectivity index (χ2n) is 5.70. The lowest BCUT2D eigenvalue weighted by molar-refractivity contribution is 0.252. The monoisotopic (exact) mass is 336 g/mol. The van der Waals surface area contributed by atoms with Crippen LogP contribution < -0.4 is 10.6 Å². The molecule has 2 N–H and O–H groups in total. The van der Waals surface area contributed by atoms with Gasteiger partial charge in [-0.2, -0.15) is 4.98 Å². The molecule has 2 amide bonds. The average molecular weight is 337 g/mol. The van der Waals surface area contributed by atoms with E-state index in [1.54, 1.807) is 24.3 Å². The predicted octanol–water partition coefficient (Wildman–Crippen LogP) is 3.68. The van der Waals surface area contributed by atoms with Crippen LogP contribution >= 0.6 is 11.6 Å². The molecule has 1 heterocycles. The van der Waals surface area contributed by atoms with E-state index in [0.29, 0.717) is 35.5 Å². The minimum atomic E-state index is -0.265. The van der Waals surface area contributed by atoms with Crippen molar-refractivity contribution in [3.8, 4) is 0 Å². The first-order chi connectivity index (χ1) is 11.0. The van der Waals surface area contributed by atoms with Gasteiger partial charge in [0.2, 0.25) is 5.89 Å². The Morgan fingerprint density at radius 2 is 2.22 bits per heavy atom. The van der Waals surface area contributed by atoms with Crippen molar-refractivity contribution in [3.63, 3.8) is 0 Å². The average Bonchev–Trinajstić information content (AvgIpc) is 2.90. The van der Waals surface area contributed by atoms with Gasteiger partial charge >= 0.3 is 6.03 Å². The first-order valence-electron chi connectivity index (χ1n) is 7.65. The van der Waals surface area contributed by atoms with E-state index in [4.69, 9.17) is 16.1 Å². The standard InChI is InChI=1S/C16H21ClN4O2/c1-11(2)9-14-20-15(23-21-14)7-4-8-18-16(22)19-13-6-3-5-12(17)10-13/h3,5-6,10-11H,4,7-9H2,1-2H3,(H2,18,19,22). The van der Waals surface area contributed by atoms with Crippen LogP contribution in [0.2, 0.25) is 5.02 Å². The first-order valence-corrected chi connectivity index (χ1v) is 8.02. The smallest absolute Gasteiger partial charge is 0.319 e. The maximum Gasteiger partial charge on any atom is 0.319 e. The molecule has 0 atom stereocenters. The molecule has 23 heavy (non-hydrogen) atoms. The summed E-state index contributed by atoms with van der Waals surface area (Å²) >= 11 is 5.86. The molecule has 0 saturated carbocycles. The molecule has 0 aliphatic rings. The van der Waals surface area contributed by atoms with Gasteiger partial charge in [-0.15, -0.1) is 0 Å². The van der Waals surface area contributed by atoms with E-state index in [-0.39, 0.29) is 6.03 Å². The number of amides is 2. The van der Waals surface area contributed by atoms with Crippen molar-refractivity contribution in [2.24, 2.45) is 5.92 Å². The predicted molar refractivity (Wildman–Crippen MR) is 89.6 cm³/mol. The topological polar surface area (TPSA) is 80.0 Å². The molecule has 0 unspecified atom stereocenters. The van der Waals surface area contributed by atoms with E-state index in [0.717, 1.165) is 18.7 Å². The Morgan fingerprint density at radius 1 is 1.39 bits per heavy atom. The largest absolute Gasteiger partial charge is 0.339 e. The number of halogens is 1. The fraction of sp³-hybridized carbons (Fsp3) is 0.438. The molecule has 0 fully saturated rings. The van der Waals surface area contributed by atoms with Crippen molar-refractivity contribution in [3.05, 3.63) is 41.0 Å². The van der Waals surface area contributed by atoms with Gasteiger partial charge < -0.3 is 15.2 Å². The van der Waals surface area contributed by atoms with Crippen LogP contribution in [0.4, 0.5) is 10.5 Å². The molecule has 6 nitrogen and oxygen atoms in total. The van der Waals surface area contributed by atoms with Crippen molar-refractivity contribution < 1.29 is 9.32 Å². The van der Waals surface area contributed by atoms with Gasteiger partial charge in [-0.1, -0.05) is 36.7 Å². The SMILES string of the molecule is CC(C)Cc1noc(CCCNC(=O)Nc2cccc(Cl)c2)n1. The van der Waals surface area contributed by atoms with E-state index in [2.05, 4.69) is 34.6 Å². The van der Waals surface area contributed by atoms with Gasteiger partial charge in [0.25, 0.3) is 0 Å². The summed E-state index contributed by atoms with van der Waals surface area (Å²) in [6.07, 6.45) is 2.18. The highest BCUT2D eigenvalue weighted by atomic mass is 35.5. The molecule has 1 aromatic carbocycles. The van der Waals surface area contributed by atoms with E-state index in [9.17, 15) is 4.79 Å². The van der Waals surface area contributed by atoms with Crippen molar-refractivity contribution in [1.29, 1.82) is 0 Å². The number of hydrogen-bond acceptors (Lipinski definition) is 4. The second kappa shape index (κ2) is 8.53. The van der Waals surface area contributed by atoms with Crippen LogP contribution in [0.5, 0.6) is 0 Å². The van der Waals surface area contributed by atoms with Gasteiger partial charge in [0.1, 0.15) is 0 Å². The molecule has 0 saturated heterocycles. The van der Waals surface area contributed by atoms with Gasteiger partial charge in [0.05, 0.1) is 0 Å². The fourth-order valence-corrected chi connectivity index (χ4v) is 2.21. The Bertz CT molecular complexity index is 643. The normalized spacial score (nSPS) is 10.8. The Hall–Kier alpha value is -2.08. The van der Waals surface area contributed by atoms with Crippen LogP contribution in [0.3, 0.4) is 0 Å². The van der Waals surface area contributed by atoms with Crippen LogP contribution in [0.1, 0.15) is 32.0 Å². The van der Waals surface area contributed by atoms with Crippen LogP contribution in [0.25, 0.3) is 0 Å². The van der Waals surface area contributed by atoms with Crippen LogP contribution in [0.15, 0.2) is 28.8 Å². The zero-order valence-electron chi connectivity index (χ0n) is 13.3. The molecular formula is C16H21ClN4O2. The van der Waals surface area contributed by atoms with Gasteiger partial charge in [-0.3, -0.25) is 0 Å². The summed E-state index contributed by atoms with van der Waals surface area (Å²) in [6.45, 7) is 4.74. The number of anilines is 1. The number of rotatable bonds is 7. The van der Waals surface area contributed by atoms with Crippen LogP contribution in [-0.4, -0.2) is 22.7 Å². The summed E-state index contributed by atoms with van der Waals surface area (Å²) < 4.78 is 5.18. The number of benzene rings is 1. The minimum absolute atomic E-state index is 0.265. The molecule has 2 rings (SSSR count). The number of urea groups is 1. The first kappa shape index (κ1) is 17.3. The summed E-state index contributed by atoms with van der Waals surface area (Å²) in [6, 6.07) is 6.74. The third-order valence-corrected chi connectivity index (χ3v) is 3.27. The maximum atomic E-state index is 11.7. The molecular weight excluding hydrogens is 316 g/mol. The molecule has 7 heteroatoms. The minimum Gasteiger partial charge on any atom is -0.339 e. The van der Waals surface area contributed by atoms with E-state index in [1.165, 1.54) is 0 Å². The molecule has 0 spiro atoms. The summed E-state index contributed by atoms with van der Waals surface area (Å²) in [4.78, 5) is 16.1. The quantitative estimate of drug-likeness (QED) is 0.756. The van der Waals surface area contributed by atoms with Gasteiger partial charge in [-0.05, 0) is 30.5 Å². The zero-order valence-corrected chi connectivity index (χ0v) is 14.1. The maximum absolute atomic E-state index is 11.7. The molecule has 0 bridgehead atoms. The molecule has 2 aromatic rings. The number of hydrogen-bond donors (Lipinski definition) is 2. The Labute approximate surface area is 140 Å². The highest BCUT2D eigenvalue weighted by Gasteiger charge is 2.08.